The first-order valence-electron chi connectivity index (χ1n) is 10.5. The topological polar surface area (TPSA) is 66.3 Å². The van der Waals surface area contributed by atoms with Crippen molar-refractivity contribution >= 4 is 22.5 Å². The molecular weight excluding hydrogens is 419 g/mol. The summed E-state index contributed by atoms with van der Waals surface area (Å²) in [6.07, 6.45) is -3.19. The van der Waals surface area contributed by atoms with Crippen molar-refractivity contribution in [1.82, 2.24) is 24.5 Å². The standard InChI is InChI=1S/C23H22F3N5O/c1-13-5-6-15-10-19(27-17(15)8-13)22(32)30-7-3-4-16(12-30)18-11-20(23(24,25)26)31-21(28-18)9-14(2)29-31/h5-6,8-11,16,27H,3-4,7,12H2,1-2H3/t16-/m1/s1. The number of carbonyl (C=O) groups is 1. The van der Waals surface area contributed by atoms with Gasteiger partial charge in [-0.15, -0.1) is 0 Å². The third kappa shape index (κ3) is 3.61. The van der Waals surface area contributed by atoms with Gasteiger partial charge in [-0.05, 0) is 50.5 Å². The minimum Gasteiger partial charge on any atom is -0.351 e. The molecule has 0 bridgehead atoms. The van der Waals surface area contributed by atoms with Gasteiger partial charge in [0.15, 0.2) is 5.65 Å². The number of H-pyrrole nitrogens is 1. The Hall–Kier alpha value is -3.36. The van der Waals surface area contributed by atoms with Gasteiger partial charge in [0.1, 0.15) is 11.4 Å². The molecule has 0 aliphatic carbocycles. The van der Waals surface area contributed by atoms with Crippen molar-refractivity contribution in [1.29, 1.82) is 0 Å². The lowest BCUT2D eigenvalue weighted by Gasteiger charge is -2.32. The van der Waals surface area contributed by atoms with Crippen LogP contribution < -0.4 is 0 Å². The highest BCUT2D eigenvalue weighted by atomic mass is 19.4. The lowest BCUT2D eigenvalue weighted by atomic mass is 9.93. The molecule has 1 atom stereocenters. The maximum absolute atomic E-state index is 13.7. The Balaban J connectivity index is 1.45. The van der Waals surface area contributed by atoms with Crippen LogP contribution in [-0.2, 0) is 6.18 Å². The van der Waals surface area contributed by atoms with Crippen LogP contribution in [0, 0.1) is 13.8 Å². The molecule has 1 saturated heterocycles. The third-order valence-electron chi connectivity index (χ3n) is 5.99. The molecule has 1 aliphatic rings. The lowest BCUT2D eigenvalue weighted by molar-refractivity contribution is -0.142. The van der Waals surface area contributed by atoms with Crippen molar-refractivity contribution in [2.75, 3.05) is 13.1 Å². The normalized spacial score (nSPS) is 17.4. The highest BCUT2D eigenvalue weighted by Gasteiger charge is 2.36. The second-order valence-corrected chi connectivity index (χ2v) is 8.48. The number of nitrogens with zero attached hydrogens (tertiary/aromatic N) is 4. The largest absolute Gasteiger partial charge is 0.433 e. The van der Waals surface area contributed by atoms with E-state index in [1.54, 1.807) is 11.8 Å². The maximum atomic E-state index is 13.7. The van der Waals surface area contributed by atoms with Gasteiger partial charge >= 0.3 is 6.18 Å². The molecule has 4 aromatic rings. The molecule has 0 saturated carbocycles. The zero-order valence-electron chi connectivity index (χ0n) is 17.7. The predicted octanol–water partition coefficient (Wildman–Crippen LogP) is 4.87. The molecule has 1 aliphatic heterocycles. The molecule has 0 spiro atoms. The number of hydrogen-bond donors (Lipinski definition) is 1. The Morgan fingerprint density at radius 3 is 2.75 bits per heavy atom. The van der Waals surface area contributed by atoms with Crippen molar-refractivity contribution in [3.63, 3.8) is 0 Å². The van der Waals surface area contributed by atoms with E-state index in [4.69, 9.17) is 0 Å². The first-order chi connectivity index (χ1) is 15.2. The second kappa shape index (κ2) is 7.36. The first kappa shape index (κ1) is 20.5. The average molecular weight is 441 g/mol. The molecule has 3 aromatic heterocycles. The molecule has 32 heavy (non-hydrogen) atoms. The number of halogens is 3. The smallest absolute Gasteiger partial charge is 0.351 e. The number of rotatable bonds is 2. The Bertz CT molecular complexity index is 1340. The SMILES string of the molecule is Cc1ccc2cc(C(=O)N3CCC[C@@H](c4cc(C(F)(F)F)n5nc(C)cc5n4)C3)[nH]c2c1. The summed E-state index contributed by atoms with van der Waals surface area (Å²) >= 11 is 0. The molecule has 1 fully saturated rings. The highest BCUT2D eigenvalue weighted by molar-refractivity contribution is 5.98. The molecule has 9 heteroatoms. The van der Waals surface area contributed by atoms with Crippen molar-refractivity contribution in [3.8, 4) is 0 Å². The predicted molar refractivity (Wildman–Crippen MR) is 114 cm³/mol. The minimum atomic E-state index is -4.55. The van der Waals surface area contributed by atoms with Gasteiger partial charge in [-0.2, -0.15) is 18.3 Å². The number of hydrogen-bond acceptors (Lipinski definition) is 3. The number of carbonyl (C=O) groups excluding carboxylic acids is 1. The number of benzene rings is 1. The lowest BCUT2D eigenvalue weighted by Crippen LogP contribution is -2.39. The number of likely N-dealkylation sites (tertiary alicyclic amines) is 1. The van der Waals surface area contributed by atoms with Crippen LogP contribution in [0.3, 0.4) is 0 Å². The number of fused-ring (bicyclic) bond motifs is 2. The monoisotopic (exact) mass is 441 g/mol. The third-order valence-corrected chi connectivity index (χ3v) is 5.99. The minimum absolute atomic E-state index is 0.152. The fourth-order valence-electron chi connectivity index (χ4n) is 4.45. The van der Waals surface area contributed by atoms with E-state index in [0.717, 1.165) is 27.0 Å². The maximum Gasteiger partial charge on any atom is 0.433 e. The summed E-state index contributed by atoms with van der Waals surface area (Å²) in [5.41, 5.74) is 2.59. The van der Waals surface area contributed by atoms with Crippen molar-refractivity contribution in [3.05, 3.63) is 64.7 Å². The molecule has 6 nitrogen and oxygen atoms in total. The Morgan fingerprint density at radius 2 is 1.97 bits per heavy atom. The van der Waals surface area contributed by atoms with Crippen LogP contribution >= 0.6 is 0 Å². The van der Waals surface area contributed by atoms with E-state index in [1.165, 1.54) is 6.07 Å². The van der Waals surface area contributed by atoms with Gasteiger partial charge in [0.05, 0.1) is 5.69 Å². The van der Waals surface area contributed by atoms with Crippen LogP contribution in [0.15, 0.2) is 36.4 Å². The summed E-state index contributed by atoms with van der Waals surface area (Å²) in [5.74, 6) is -0.429. The summed E-state index contributed by atoms with van der Waals surface area (Å²) in [6, 6.07) is 10.4. The van der Waals surface area contributed by atoms with Gasteiger partial charge in [-0.3, -0.25) is 4.79 Å². The van der Waals surface area contributed by atoms with Crippen LogP contribution in [0.5, 0.6) is 0 Å². The van der Waals surface area contributed by atoms with Crippen molar-refractivity contribution in [2.45, 2.75) is 38.8 Å². The summed E-state index contributed by atoms with van der Waals surface area (Å²) in [6.45, 7) is 4.50. The first-order valence-corrected chi connectivity index (χ1v) is 10.5. The van der Waals surface area contributed by atoms with Gasteiger partial charge < -0.3 is 9.88 Å². The van der Waals surface area contributed by atoms with E-state index in [1.807, 2.05) is 31.2 Å². The second-order valence-electron chi connectivity index (χ2n) is 8.48. The molecule has 5 rings (SSSR count). The highest BCUT2D eigenvalue weighted by Crippen LogP contribution is 2.34. The van der Waals surface area contributed by atoms with E-state index in [-0.39, 0.29) is 17.5 Å². The van der Waals surface area contributed by atoms with Crippen molar-refractivity contribution in [2.24, 2.45) is 0 Å². The van der Waals surface area contributed by atoms with E-state index in [9.17, 15) is 18.0 Å². The number of nitrogens with one attached hydrogen (secondary N) is 1. The van der Waals surface area contributed by atoms with E-state index in [0.29, 0.717) is 43.0 Å². The van der Waals surface area contributed by atoms with Crippen LogP contribution in [0.4, 0.5) is 13.2 Å². The molecule has 1 amide bonds. The number of amides is 1. The van der Waals surface area contributed by atoms with Crippen LogP contribution in [-0.4, -0.2) is 43.5 Å². The zero-order valence-corrected chi connectivity index (χ0v) is 17.7. The molecule has 166 valence electrons. The molecular formula is C23H22F3N5O. The summed E-state index contributed by atoms with van der Waals surface area (Å²) < 4.78 is 41.9. The molecule has 0 radical (unpaired) electrons. The molecule has 4 heterocycles. The van der Waals surface area contributed by atoms with Gasteiger partial charge in [0.2, 0.25) is 0 Å². The number of piperidine rings is 1. The van der Waals surface area contributed by atoms with Crippen molar-refractivity contribution < 1.29 is 18.0 Å². The van der Waals surface area contributed by atoms with Gasteiger partial charge in [0, 0.05) is 41.7 Å². The van der Waals surface area contributed by atoms with Gasteiger partial charge in [0.25, 0.3) is 5.91 Å². The van der Waals surface area contributed by atoms with Gasteiger partial charge in [-0.1, -0.05) is 12.1 Å². The summed E-state index contributed by atoms with van der Waals surface area (Å²) in [5, 5.41) is 4.89. The van der Waals surface area contributed by atoms with E-state index < -0.39 is 11.9 Å². The number of aromatic nitrogens is 4. The Morgan fingerprint density at radius 1 is 1.16 bits per heavy atom. The quantitative estimate of drug-likeness (QED) is 0.483. The fourth-order valence-corrected chi connectivity index (χ4v) is 4.45. The van der Waals surface area contributed by atoms with Crippen LogP contribution in [0.25, 0.3) is 16.6 Å². The molecule has 0 unspecified atom stereocenters. The average Bonchev–Trinajstić information content (AvgIpc) is 3.33. The Kier molecular flexibility index (Phi) is 4.72. The summed E-state index contributed by atoms with van der Waals surface area (Å²) in [7, 11) is 0. The molecule has 1 aromatic carbocycles. The van der Waals surface area contributed by atoms with Gasteiger partial charge in [-0.25, -0.2) is 9.50 Å². The van der Waals surface area contributed by atoms with Crippen LogP contribution in [0.1, 0.15) is 51.9 Å². The number of aryl methyl sites for hydroxylation is 2. The van der Waals surface area contributed by atoms with E-state index in [2.05, 4.69) is 15.1 Å². The zero-order chi connectivity index (χ0) is 22.6. The summed E-state index contributed by atoms with van der Waals surface area (Å²) in [4.78, 5) is 22.5. The number of aromatic amines is 1. The molecule has 1 N–H and O–H groups in total. The van der Waals surface area contributed by atoms with Crippen LogP contribution in [0.2, 0.25) is 0 Å². The van der Waals surface area contributed by atoms with E-state index >= 15 is 0 Å². The Labute approximate surface area is 182 Å². The fraction of sp³-hybridized carbons (Fsp3) is 0.348. The number of alkyl halides is 3.